The van der Waals surface area contributed by atoms with Crippen molar-refractivity contribution in [3.8, 4) is 39.1 Å². The second kappa shape index (κ2) is 9.14. The highest BCUT2D eigenvalue weighted by atomic mass is 16.3. The number of hydrogen-bond acceptors (Lipinski definition) is 1. The molecular formula is C46H31NO. The molecule has 11 rings (SSSR count). The van der Waals surface area contributed by atoms with Gasteiger partial charge in [0.1, 0.15) is 11.2 Å². The highest BCUT2D eigenvalue weighted by Gasteiger charge is 2.36. The largest absolute Gasteiger partial charge is 0.456 e. The minimum Gasteiger partial charge on any atom is -0.456 e. The Hall–Kier alpha value is -5.86. The molecule has 0 aliphatic heterocycles. The molecule has 2 heteroatoms. The lowest BCUT2D eigenvalue weighted by Crippen LogP contribution is -2.14. The molecule has 0 radical (unpaired) electrons. The summed E-state index contributed by atoms with van der Waals surface area (Å²) in [7, 11) is 0. The molecule has 0 saturated carbocycles. The SMILES string of the molecule is CC1(C)c2ccccc2-c2cc3c4ccccc4n(-c4ccc(-c5ccc6c(c5)-c5cc7c(cc5C6)oc5ccccc57)cc4)c3cc21. The van der Waals surface area contributed by atoms with E-state index in [0.29, 0.717) is 0 Å². The summed E-state index contributed by atoms with van der Waals surface area (Å²) in [6.45, 7) is 4.72. The Balaban J connectivity index is 1.03. The summed E-state index contributed by atoms with van der Waals surface area (Å²) in [4.78, 5) is 0. The van der Waals surface area contributed by atoms with Gasteiger partial charge < -0.3 is 8.98 Å². The topological polar surface area (TPSA) is 18.1 Å². The van der Waals surface area contributed by atoms with Crippen LogP contribution >= 0.6 is 0 Å². The number of hydrogen-bond donors (Lipinski definition) is 0. The summed E-state index contributed by atoms with van der Waals surface area (Å²) in [6.07, 6.45) is 0.941. The van der Waals surface area contributed by atoms with Crippen LogP contribution in [0.15, 0.2) is 144 Å². The zero-order chi connectivity index (χ0) is 31.7. The Labute approximate surface area is 278 Å². The van der Waals surface area contributed by atoms with Crippen LogP contribution in [0.1, 0.15) is 36.1 Å². The van der Waals surface area contributed by atoms with Gasteiger partial charge in [0.15, 0.2) is 0 Å². The first-order valence-electron chi connectivity index (χ1n) is 16.9. The van der Waals surface area contributed by atoms with Crippen LogP contribution in [0.4, 0.5) is 0 Å². The van der Waals surface area contributed by atoms with E-state index in [4.69, 9.17) is 4.42 Å². The summed E-state index contributed by atoms with van der Waals surface area (Å²) >= 11 is 0. The third-order valence-electron chi connectivity index (χ3n) is 11.2. The molecule has 0 unspecified atom stereocenters. The lowest BCUT2D eigenvalue weighted by Gasteiger charge is -2.21. The molecule has 9 aromatic rings. The molecule has 2 aliphatic rings. The Kier molecular flexibility index (Phi) is 5.00. The Morgan fingerprint density at radius 3 is 2.10 bits per heavy atom. The van der Waals surface area contributed by atoms with Gasteiger partial charge in [0.05, 0.1) is 11.0 Å². The van der Waals surface area contributed by atoms with Gasteiger partial charge >= 0.3 is 0 Å². The average molecular weight is 614 g/mol. The van der Waals surface area contributed by atoms with E-state index in [1.54, 1.807) is 0 Å². The third kappa shape index (κ3) is 3.42. The summed E-state index contributed by atoms with van der Waals surface area (Å²) in [6, 6.07) is 51.7. The summed E-state index contributed by atoms with van der Waals surface area (Å²) < 4.78 is 8.66. The average Bonchev–Trinajstić information content (AvgIpc) is 3.83. The predicted octanol–water partition coefficient (Wildman–Crippen LogP) is 12.2. The minimum absolute atomic E-state index is 0.0477. The quantitative estimate of drug-likeness (QED) is 0.190. The van der Waals surface area contributed by atoms with Gasteiger partial charge in [0.25, 0.3) is 0 Å². The fourth-order valence-corrected chi connectivity index (χ4v) is 8.82. The van der Waals surface area contributed by atoms with Gasteiger partial charge in [-0.25, -0.2) is 0 Å². The molecule has 2 aromatic heterocycles. The molecule has 0 spiro atoms. The molecule has 0 N–H and O–H groups in total. The maximum Gasteiger partial charge on any atom is 0.135 e. The molecule has 2 aliphatic carbocycles. The van der Waals surface area contributed by atoms with E-state index in [2.05, 4.69) is 152 Å². The fourth-order valence-electron chi connectivity index (χ4n) is 8.82. The van der Waals surface area contributed by atoms with Crippen LogP contribution in [0.3, 0.4) is 0 Å². The van der Waals surface area contributed by atoms with Crippen molar-refractivity contribution in [2.45, 2.75) is 25.7 Å². The van der Waals surface area contributed by atoms with Gasteiger partial charge in [0, 0.05) is 32.6 Å². The van der Waals surface area contributed by atoms with Crippen LogP contribution in [0, 0.1) is 0 Å². The lowest BCUT2D eigenvalue weighted by atomic mass is 9.82. The molecule has 0 fully saturated rings. The van der Waals surface area contributed by atoms with Crippen LogP contribution in [-0.2, 0) is 11.8 Å². The second-order valence-corrected chi connectivity index (χ2v) is 14.1. The summed E-state index contributed by atoms with van der Waals surface area (Å²) in [5.74, 6) is 0. The molecule has 0 amide bonds. The summed E-state index contributed by atoms with van der Waals surface area (Å²) in [5, 5.41) is 4.96. The van der Waals surface area contributed by atoms with Gasteiger partial charge in [-0.15, -0.1) is 0 Å². The summed E-state index contributed by atoms with van der Waals surface area (Å²) in [5.41, 5.74) is 18.9. The Morgan fingerprint density at radius 1 is 0.479 bits per heavy atom. The molecule has 226 valence electrons. The van der Waals surface area contributed by atoms with Crippen molar-refractivity contribution in [2.75, 3.05) is 0 Å². The third-order valence-corrected chi connectivity index (χ3v) is 11.2. The molecule has 2 nitrogen and oxygen atoms in total. The van der Waals surface area contributed by atoms with Crippen LogP contribution in [0.5, 0.6) is 0 Å². The first-order valence-corrected chi connectivity index (χ1v) is 16.9. The molecule has 0 saturated heterocycles. The van der Waals surface area contributed by atoms with Crippen molar-refractivity contribution in [1.29, 1.82) is 0 Å². The Bertz CT molecular complexity index is 2820. The number of rotatable bonds is 2. The van der Waals surface area contributed by atoms with Crippen molar-refractivity contribution < 1.29 is 4.42 Å². The van der Waals surface area contributed by atoms with Crippen LogP contribution < -0.4 is 0 Å². The van der Waals surface area contributed by atoms with Crippen molar-refractivity contribution >= 4 is 43.7 Å². The highest BCUT2D eigenvalue weighted by molar-refractivity contribution is 6.12. The maximum absolute atomic E-state index is 6.21. The van der Waals surface area contributed by atoms with E-state index in [0.717, 1.165) is 17.6 Å². The lowest BCUT2D eigenvalue weighted by molar-refractivity contribution is 0.661. The first kappa shape index (κ1) is 26.2. The van der Waals surface area contributed by atoms with Gasteiger partial charge in [-0.2, -0.15) is 0 Å². The van der Waals surface area contributed by atoms with E-state index in [1.807, 2.05) is 6.07 Å². The van der Waals surface area contributed by atoms with E-state index >= 15 is 0 Å². The number of para-hydroxylation sites is 2. The fraction of sp³-hybridized carbons (Fsp3) is 0.0870. The van der Waals surface area contributed by atoms with Gasteiger partial charge in [0.2, 0.25) is 0 Å². The van der Waals surface area contributed by atoms with Crippen LogP contribution in [0.2, 0.25) is 0 Å². The second-order valence-electron chi connectivity index (χ2n) is 14.1. The smallest absolute Gasteiger partial charge is 0.135 e. The number of aromatic nitrogens is 1. The molecule has 48 heavy (non-hydrogen) atoms. The van der Waals surface area contributed by atoms with E-state index in [-0.39, 0.29) is 5.41 Å². The van der Waals surface area contributed by atoms with E-state index < -0.39 is 0 Å². The monoisotopic (exact) mass is 613 g/mol. The number of fused-ring (bicyclic) bond motifs is 12. The normalized spacial score (nSPS) is 14.1. The van der Waals surface area contributed by atoms with Crippen molar-refractivity contribution in [1.82, 2.24) is 4.57 Å². The standard InChI is InChI=1S/C46H31NO/c1-46(2)40-12-6-3-9-32(40)37-25-38-33-10-4-7-13-42(33)47(43(38)26-41(37)46)31-19-17-27(18-20-31)28-15-16-29-21-30-23-45-39(24-36(30)35(29)22-28)34-11-5-8-14-44(34)48-45/h3-20,22-26H,21H2,1-2H3. The molecule has 7 aromatic carbocycles. The predicted molar refractivity (Wildman–Crippen MR) is 199 cm³/mol. The molecule has 0 atom stereocenters. The zero-order valence-electron chi connectivity index (χ0n) is 26.8. The van der Waals surface area contributed by atoms with E-state index in [1.165, 1.54) is 93.9 Å². The van der Waals surface area contributed by atoms with Crippen LogP contribution in [0.25, 0.3) is 82.8 Å². The van der Waals surface area contributed by atoms with Crippen molar-refractivity contribution in [2.24, 2.45) is 0 Å². The molecule has 2 heterocycles. The maximum atomic E-state index is 6.21. The number of nitrogens with zero attached hydrogens (tertiary/aromatic N) is 1. The van der Waals surface area contributed by atoms with Gasteiger partial charge in [-0.1, -0.05) is 98.8 Å². The minimum atomic E-state index is -0.0477. The number of benzene rings is 7. The van der Waals surface area contributed by atoms with Crippen LogP contribution in [-0.4, -0.2) is 4.57 Å². The van der Waals surface area contributed by atoms with Crippen molar-refractivity contribution in [3.63, 3.8) is 0 Å². The van der Waals surface area contributed by atoms with Gasteiger partial charge in [-0.05, 0) is 117 Å². The molecular weight excluding hydrogens is 583 g/mol. The first-order chi connectivity index (χ1) is 23.5. The van der Waals surface area contributed by atoms with Gasteiger partial charge in [-0.3, -0.25) is 0 Å². The molecule has 0 bridgehead atoms. The highest BCUT2D eigenvalue weighted by Crippen LogP contribution is 2.51. The number of furan rings is 1. The van der Waals surface area contributed by atoms with Crippen molar-refractivity contribution in [3.05, 3.63) is 162 Å². The Morgan fingerprint density at radius 2 is 1.21 bits per heavy atom. The zero-order valence-corrected chi connectivity index (χ0v) is 26.8. The van der Waals surface area contributed by atoms with E-state index in [9.17, 15) is 0 Å².